The third-order valence-electron chi connectivity index (χ3n) is 2.34. The van der Waals surface area contributed by atoms with Crippen LogP contribution in [0.3, 0.4) is 0 Å². The Bertz CT molecular complexity index is 420. The monoisotopic (exact) mass is 224 g/mol. The Labute approximate surface area is 92.1 Å². The van der Waals surface area contributed by atoms with Crippen LogP contribution in [0.5, 0.6) is 11.5 Å². The first-order chi connectivity index (χ1) is 7.68. The number of nitrogens with two attached hydrogens (primary N) is 1. The Hall–Kier alpha value is -1.98. The topological polar surface area (TPSA) is 87.6 Å². The molecule has 86 valence electrons. The largest absolute Gasteiger partial charge is 0.490 e. The van der Waals surface area contributed by atoms with Crippen LogP contribution >= 0.6 is 0 Å². The highest BCUT2D eigenvalue weighted by molar-refractivity contribution is 5.65. The normalized spacial score (nSPS) is 15.0. The van der Waals surface area contributed by atoms with E-state index in [9.17, 15) is 10.1 Å². The van der Waals surface area contributed by atoms with E-state index in [2.05, 4.69) is 0 Å². The first-order valence-corrected chi connectivity index (χ1v) is 5.02. The van der Waals surface area contributed by atoms with E-state index >= 15 is 0 Å². The van der Waals surface area contributed by atoms with Gasteiger partial charge in [0.2, 0.25) is 0 Å². The number of anilines is 1. The van der Waals surface area contributed by atoms with Gasteiger partial charge in [0, 0.05) is 6.07 Å². The van der Waals surface area contributed by atoms with E-state index in [1.165, 1.54) is 12.1 Å². The highest BCUT2D eigenvalue weighted by atomic mass is 16.6. The van der Waals surface area contributed by atoms with Crippen LogP contribution in [0.25, 0.3) is 0 Å². The van der Waals surface area contributed by atoms with Gasteiger partial charge in [-0.3, -0.25) is 10.1 Å². The number of nitro benzene ring substituents is 1. The Morgan fingerprint density at radius 3 is 2.31 bits per heavy atom. The van der Waals surface area contributed by atoms with Crippen molar-refractivity contribution in [1.29, 1.82) is 0 Å². The lowest BCUT2D eigenvalue weighted by Gasteiger charge is -2.16. The van der Waals surface area contributed by atoms with Gasteiger partial charge in [-0.25, -0.2) is 0 Å². The molecule has 0 bridgehead atoms. The average Bonchev–Trinajstić information content (AvgIpc) is 2.20. The van der Waals surface area contributed by atoms with Crippen LogP contribution in [0, 0.1) is 10.1 Å². The van der Waals surface area contributed by atoms with Gasteiger partial charge in [0.05, 0.1) is 24.2 Å². The molecule has 16 heavy (non-hydrogen) atoms. The summed E-state index contributed by atoms with van der Waals surface area (Å²) in [4.78, 5) is 10.2. The van der Waals surface area contributed by atoms with E-state index in [-0.39, 0.29) is 11.4 Å². The van der Waals surface area contributed by atoms with Crippen LogP contribution in [0.2, 0.25) is 0 Å². The van der Waals surface area contributed by atoms with Crippen LogP contribution in [0.1, 0.15) is 12.8 Å². The van der Waals surface area contributed by atoms with Crippen molar-refractivity contribution >= 4 is 11.4 Å². The van der Waals surface area contributed by atoms with E-state index in [0.717, 1.165) is 12.8 Å². The lowest BCUT2D eigenvalue weighted by atomic mass is 10.2. The lowest BCUT2D eigenvalue weighted by molar-refractivity contribution is -0.384. The van der Waals surface area contributed by atoms with Gasteiger partial charge in [-0.05, 0) is 12.8 Å². The Morgan fingerprint density at radius 1 is 1.19 bits per heavy atom. The van der Waals surface area contributed by atoms with Crippen molar-refractivity contribution in [2.45, 2.75) is 12.8 Å². The predicted molar refractivity (Wildman–Crippen MR) is 57.7 cm³/mol. The van der Waals surface area contributed by atoms with Crippen molar-refractivity contribution in [2.75, 3.05) is 18.9 Å². The lowest BCUT2D eigenvalue weighted by Crippen LogP contribution is -2.09. The maximum atomic E-state index is 10.7. The maximum absolute atomic E-state index is 10.7. The highest BCUT2D eigenvalue weighted by Gasteiger charge is 2.19. The smallest absolute Gasteiger partial charge is 0.296 e. The van der Waals surface area contributed by atoms with Crippen molar-refractivity contribution in [3.63, 3.8) is 0 Å². The molecule has 0 spiro atoms. The van der Waals surface area contributed by atoms with Gasteiger partial charge >= 0.3 is 0 Å². The molecule has 1 aromatic carbocycles. The number of nitrogens with zero attached hydrogens (tertiary/aromatic N) is 1. The summed E-state index contributed by atoms with van der Waals surface area (Å²) in [5.74, 6) is 0.864. The van der Waals surface area contributed by atoms with Crippen molar-refractivity contribution in [1.82, 2.24) is 0 Å². The molecule has 2 rings (SSSR count). The number of ether oxygens (including phenoxy) is 2. The Kier molecular flexibility index (Phi) is 2.80. The molecule has 0 saturated heterocycles. The summed E-state index contributed by atoms with van der Waals surface area (Å²) in [5.41, 5.74) is 5.50. The molecule has 0 unspecified atom stereocenters. The minimum Gasteiger partial charge on any atom is -0.490 e. The average molecular weight is 224 g/mol. The summed E-state index contributed by atoms with van der Waals surface area (Å²) >= 11 is 0. The number of fused-ring (bicyclic) bond motifs is 1. The van der Waals surface area contributed by atoms with Crippen LogP contribution in [0.4, 0.5) is 11.4 Å². The number of hydrogen-bond acceptors (Lipinski definition) is 5. The fourth-order valence-electron chi connectivity index (χ4n) is 1.52. The number of rotatable bonds is 1. The maximum Gasteiger partial charge on any atom is 0.296 e. The molecular weight excluding hydrogens is 212 g/mol. The third-order valence-corrected chi connectivity index (χ3v) is 2.34. The number of nitrogen functional groups attached to an aromatic ring is 1. The summed E-state index contributed by atoms with van der Waals surface area (Å²) in [5, 5.41) is 10.7. The second-order valence-corrected chi connectivity index (χ2v) is 3.52. The van der Waals surface area contributed by atoms with E-state index in [1.54, 1.807) is 0 Å². The van der Waals surface area contributed by atoms with Crippen molar-refractivity contribution in [3.05, 3.63) is 22.2 Å². The SMILES string of the molecule is Nc1cc2c(cc1[N+](=O)[O-])OCCCCO2. The molecule has 1 aliphatic heterocycles. The van der Waals surface area contributed by atoms with Gasteiger partial charge in [0.25, 0.3) is 5.69 Å². The van der Waals surface area contributed by atoms with Gasteiger partial charge in [-0.2, -0.15) is 0 Å². The molecule has 1 aliphatic rings. The molecule has 0 fully saturated rings. The molecule has 0 radical (unpaired) electrons. The molecule has 0 atom stereocenters. The fraction of sp³-hybridized carbons (Fsp3) is 0.400. The highest BCUT2D eigenvalue weighted by Crippen LogP contribution is 2.37. The molecule has 0 amide bonds. The molecule has 6 heteroatoms. The summed E-state index contributed by atoms with van der Waals surface area (Å²) in [6.45, 7) is 1.12. The zero-order valence-electron chi connectivity index (χ0n) is 8.64. The molecule has 6 nitrogen and oxygen atoms in total. The molecular formula is C10H12N2O4. The van der Waals surface area contributed by atoms with Crippen molar-refractivity contribution < 1.29 is 14.4 Å². The van der Waals surface area contributed by atoms with Gasteiger partial charge < -0.3 is 15.2 Å². The van der Waals surface area contributed by atoms with Gasteiger partial charge in [-0.15, -0.1) is 0 Å². The molecule has 0 aliphatic carbocycles. The second kappa shape index (κ2) is 4.26. The quantitative estimate of drug-likeness (QED) is 0.446. The minimum absolute atomic E-state index is 0.0907. The number of benzene rings is 1. The van der Waals surface area contributed by atoms with Crippen LogP contribution in [0.15, 0.2) is 12.1 Å². The molecule has 0 aromatic heterocycles. The summed E-state index contributed by atoms with van der Waals surface area (Å²) in [6.07, 6.45) is 1.77. The molecule has 1 heterocycles. The number of nitro groups is 1. The predicted octanol–water partition coefficient (Wildman–Crippen LogP) is 1.73. The van der Waals surface area contributed by atoms with Crippen molar-refractivity contribution in [3.8, 4) is 11.5 Å². The van der Waals surface area contributed by atoms with Crippen molar-refractivity contribution in [2.24, 2.45) is 0 Å². The third kappa shape index (κ3) is 2.00. The zero-order chi connectivity index (χ0) is 11.5. The second-order valence-electron chi connectivity index (χ2n) is 3.52. The van der Waals surface area contributed by atoms with E-state index in [4.69, 9.17) is 15.2 Å². The summed E-state index contributed by atoms with van der Waals surface area (Å²) in [7, 11) is 0. The Morgan fingerprint density at radius 2 is 1.75 bits per heavy atom. The van der Waals surface area contributed by atoms with E-state index in [0.29, 0.717) is 24.7 Å². The minimum atomic E-state index is -0.530. The molecule has 1 aromatic rings. The van der Waals surface area contributed by atoms with Gasteiger partial charge in [-0.1, -0.05) is 0 Å². The van der Waals surface area contributed by atoms with Crippen LogP contribution < -0.4 is 15.2 Å². The van der Waals surface area contributed by atoms with Crippen LogP contribution in [-0.4, -0.2) is 18.1 Å². The first kappa shape index (κ1) is 10.5. The first-order valence-electron chi connectivity index (χ1n) is 5.02. The van der Waals surface area contributed by atoms with E-state index < -0.39 is 4.92 Å². The molecule has 0 saturated carbocycles. The standard InChI is InChI=1S/C10H12N2O4/c11-7-5-9-10(6-8(7)12(13)14)16-4-2-1-3-15-9/h5-6H,1-4,11H2. The summed E-state index contributed by atoms with van der Waals surface area (Å²) < 4.78 is 10.8. The van der Waals surface area contributed by atoms with Gasteiger partial charge in [0.1, 0.15) is 5.69 Å². The van der Waals surface area contributed by atoms with E-state index in [1.807, 2.05) is 0 Å². The Balaban J connectivity index is 2.41. The van der Waals surface area contributed by atoms with Crippen LogP contribution in [-0.2, 0) is 0 Å². The zero-order valence-corrected chi connectivity index (χ0v) is 8.64. The summed E-state index contributed by atoms with van der Waals surface area (Å²) in [6, 6.07) is 2.76. The number of hydrogen-bond donors (Lipinski definition) is 1. The molecule has 2 N–H and O–H groups in total. The van der Waals surface area contributed by atoms with Gasteiger partial charge in [0.15, 0.2) is 11.5 Å². The fourth-order valence-corrected chi connectivity index (χ4v) is 1.52.